The normalized spacial score (nSPS) is 12.3. The van der Waals surface area contributed by atoms with Crippen molar-refractivity contribution in [1.29, 1.82) is 0 Å². The van der Waals surface area contributed by atoms with Crippen molar-refractivity contribution in [2.45, 2.75) is 0 Å². The highest BCUT2D eigenvalue weighted by Crippen LogP contribution is 2.59. The maximum Gasteiger partial charge on any atom is 0.235 e. The highest BCUT2D eigenvalue weighted by Gasteiger charge is 2.36. The zero-order valence-corrected chi connectivity index (χ0v) is 80.1. The van der Waals surface area contributed by atoms with Crippen LogP contribution in [0.1, 0.15) is 0 Å². The summed E-state index contributed by atoms with van der Waals surface area (Å²) in [7, 11) is 0. The van der Waals surface area contributed by atoms with E-state index < -0.39 is 0 Å². The highest BCUT2D eigenvalue weighted by atomic mass is 16.3. The van der Waals surface area contributed by atoms with E-state index >= 15 is 0 Å². The first-order valence-corrected chi connectivity index (χ1v) is 50.8. The molecule has 32 aromatic rings. The summed E-state index contributed by atoms with van der Waals surface area (Å²) in [4.78, 5) is 36.6. The topological polar surface area (TPSA) is 144 Å². The first-order valence-electron chi connectivity index (χ1n) is 50.8. The van der Waals surface area contributed by atoms with Crippen LogP contribution in [0.15, 0.2) is 474 Å². The smallest absolute Gasteiger partial charge is 0.235 e. The molecule has 9 aromatic heterocycles. The predicted octanol–water partition coefficient (Wildman–Crippen LogP) is 36.0. The fourth-order valence-electron chi connectivity index (χ4n) is 25.2. The summed E-state index contributed by atoms with van der Waals surface area (Å²) < 4.78 is 27.5. The van der Waals surface area contributed by atoms with Crippen molar-refractivity contribution in [1.82, 2.24) is 48.6 Å². The lowest BCUT2D eigenvalue weighted by molar-refractivity contribution is 0.672. The summed E-state index contributed by atoms with van der Waals surface area (Å²) in [5, 5.41) is 24.3. The maximum atomic E-state index is 6.83. The minimum atomic E-state index is 0.623. The Hall–Kier alpha value is -20.4. The number of benzene rings is 23. The van der Waals surface area contributed by atoms with Crippen LogP contribution in [-0.4, -0.2) is 48.6 Å². The molecular formula is C137H76N10O3. The van der Waals surface area contributed by atoms with Gasteiger partial charge in [-0.05, 0) is 162 Å². The monoisotopic (exact) mass is 1910 g/mol. The average Bonchev–Trinajstić information content (AvgIpc) is 1.52. The molecule has 0 radical (unpaired) electrons. The van der Waals surface area contributed by atoms with Gasteiger partial charge in [0.05, 0.1) is 71.5 Å². The number of hydrogen-bond donors (Lipinski definition) is 0. The van der Waals surface area contributed by atoms with Gasteiger partial charge in [-0.2, -0.15) is 0 Å². The fourth-order valence-corrected chi connectivity index (χ4v) is 25.2. The molecule has 0 aliphatic heterocycles. The zero-order chi connectivity index (χ0) is 97.8. The molecule has 0 unspecified atom stereocenters. The maximum absolute atomic E-state index is 6.83. The Kier molecular flexibility index (Phi) is 17.3. The van der Waals surface area contributed by atoms with Crippen molar-refractivity contribution < 1.29 is 13.3 Å². The van der Waals surface area contributed by atoms with Crippen LogP contribution in [0.3, 0.4) is 0 Å². The molecule has 3 aliphatic carbocycles. The second-order valence-corrected chi connectivity index (χ2v) is 39.3. The second-order valence-electron chi connectivity index (χ2n) is 39.3. The summed E-state index contributed by atoms with van der Waals surface area (Å²) in [6, 6.07) is 162. The highest BCUT2D eigenvalue weighted by molar-refractivity contribution is 6.44. The van der Waals surface area contributed by atoms with E-state index in [1.165, 1.54) is 121 Å². The van der Waals surface area contributed by atoms with Gasteiger partial charge in [0.1, 0.15) is 39.2 Å². The van der Waals surface area contributed by atoms with Gasteiger partial charge in [-0.3, -0.25) is 9.13 Å². The Morgan fingerprint density at radius 2 is 0.500 bits per heavy atom. The van der Waals surface area contributed by atoms with Crippen LogP contribution >= 0.6 is 0 Å². The van der Waals surface area contributed by atoms with E-state index in [2.05, 4.69) is 402 Å². The lowest BCUT2D eigenvalue weighted by Gasteiger charge is -2.16. The molecular weight excluding hydrogens is 1830 g/mol. The van der Waals surface area contributed by atoms with Gasteiger partial charge in [-0.1, -0.05) is 376 Å². The second kappa shape index (κ2) is 31.5. The molecule has 0 atom stereocenters. The van der Waals surface area contributed by atoms with Crippen molar-refractivity contribution in [2.24, 2.45) is 0 Å². The molecule has 0 amide bonds. The molecule has 0 fully saturated rings. The molecule has 0 N–H and O–H groups in total. The average molecular weight is 1910 g/mol. The van der Waals surface area contributed by atoms with Crippen LogP contribution < -0.4 is 0 Å². The fraction of sp³-hybridized carbons (Fsp3) is 0. The summed E-state index contributed by atoms with van der Waals surface area (Å²) >= 11 is 0. The van der Waals surface area contributed by atoms with Crippen LogP contribution in [0.5, 0.6) is 0 Å². The number of fused-ring (bicyclic) bond motifs is 27. The van der Waals surface area contributed by atoms with Gasteiger partial charge in [0.25, 0.3) is 0 Å². The third-order valence-corrected chi connectivity index (χ3v) is 31.4. The third kappa shape index (κ3) is 11.7. The Balaban J connectivity index is 0.0000000984. The Labute approximate surface area is 854 Å². The molecule has 23 aromatic carbocycles. The molecule has 0 saturated heterocycles. The van der Waals surface area contributed by atoms with E-state index in [1.807, 2.05) is 72.8 Å². The summed E-state index contributed by atoms with van der Waals surface area (Å²) in [5.41, 5.74) is 37.0. The standard InChI is InChI=1S/C53H30N4O.2C42H23N3O/c1-2-13-32(14-3-1)51-54-52(56-53(55-51)35-25-24-31-12-4-5-15-34(31)30-35)33-26-28-36(29-27-33)57-43-22-11-20-40-38-17-7-6-16-37(38)39-19-10-21-42-45(39)48(46(40)43)49(57)47-41-18-8-9-23-44(41)58-50(42)47;1-2-12-24(13-3-1)39-42(44-32-21-8-7-20-31(32)43-39)45-33-22-11-18-28-26-15-5-4-14-25(26)27-17-10-19-30-35(27)38(36(28)33)40(45)37-29-16-6-9-23-34(29)46-41(30)37;1-2-12-24(13-3-1)39-29-16-6-8-21-32(29)43-42(44-39)45-33-22-11-19-28-26-15-5-4-14-25(26)27-18-10-20-31-35(27)38(36(28)33)40(45)37-30-17-7-9-23-34(30)46-41(31)37/h1-30H;2*1-23H. The number of furan rings is 3. The van der Waals surface area contributed by atoms with Crippen LogP contribution in [0.25, 0.3) is 337 Å². The number of nitrogens with zero attached hydrogens (tertiary/aromatic N) is 10. The van der Waals surface area contributed by atoms with Gasteiger partial charge in [-0.25, -0.2) is 34.9 Å². The minimum absolute atomic E-state index is 0.623. The molecule has 0 saturated carbocycles. The lowest BCUT2D eigenvalue weighted by atomic mass is 9.92. The molecule has 13 nitrogen and oxygen atoms in total. The number of rotatable bonds is 8. The number of aromatic nitrogens is 10. The summed E-state index contributed by atoms with van der Waals surface area (Å²) in [6.07, 6.45) is 0. The SMILES string of the molecule is c1ccc(-c2nc(-c3ccc(-n4c5cccc6c5c5c7c(cccc7c7oc8ccccc8c7c54)-c4ccccc4-6)cc3)nc(-c3ccc4ccccc4c3)n2)cc1.c1ccc(-c2nc(-n3c4cccc5c4c4c6c(cccc6c6oc7ccccc7c6c43)-c3ccccc3-5)nc3ccccc23)cc1.c1ccc(-c2nc3ccccc3nc2-n2c3cccc4c3c3c5c(cccc5c5oc6ccccc6c5c32)-c2ccccc2-4)cc1. The van der Waals surface area contributed by atoms with E-state index in [4.69, 9.17) is 48.1 Å². The first-order chi connectivity index (χ1) is 74.5. The quantitative estimate of drug-likeness (QED) is 0.144. The van der Waals surface area contributed by atoms with E-state index in [-0.39, 0.29) is 0 Å². The molecule has 35 rings (SSSR count). The molecule has 13 heteroatoms. The van der Waals surface area contributed by atoms with Gasteiger partial charge >= 0.3 is 0 Å². The number of para-hydroxylation sites is 6. The molecule has 0 bridgehead atoms. The Morgan fingerprint density at radius 3 is 0.973 bits per heavy atom. The molecule has 9 heterocycles. The molecule has 150 heavy (non-hydrogen) atoms. The van der Waals surface area contributed by atoms with Crippen molar-refractivity contribution >= 4 is 196 Å². The van der Waals surface area contributed by atoms with E-state index in [9.17, 15) is 0 Å². The van der Waals surface area contributed by atoms with E-state index in [1.54, 1.807) is 0 Å². The van der Waals surface area contributed by atoms with Crippen molar-refractivity contribution in [3.63, 3.8) is 0 Å². The summed E-state index contributed by atoms with van der Waals surface area (Å²) in [6.45, 7) is 0. The molecule has 3 aliphatic rings. The van der Waals surface area contributed by atoms with Gasteiger partial charge in [-0.15, -0.1) is 0 Å². The van der Waals surface area contributed by atoms with Crippen molar-refractivity contribution in [3.05, 3.63) is 461 Å². The van der Waals surface area contributed by atoms with E-state index in [0.29, 0.717) is 23.4 Å². The van der Waals surface area contributed by atoms with Gasteiger partial charge in [0, 0.05) is 120 Å². The van der Waals surface area contributed by atoms with Gasteiger partial charge < -0.3 is 17.8 Å². The zero-order valence-electron chi connectivity index (χ0n) is 80.1. The molecule has 692 valence electrons. The molecule has 0 spiro atoms. The Morgan fingerprint density at radius 1 is 0.173 bits per heavy atom. The first kappa shape index (κ1) is 82.1. The van der Waals surface area contributed by atoms with Crippen LogP contribution in [0.4, 0.5) is 0 Å². The van der Waals surface area contributed by atoms with Crippen molar-refractivity contribution in [2.75, 3.05) is 0 Å². The van der Waals surface area contributed by atoms with Crippen LogP contribution in [0.2, 0.25) is 0 Å². The number of hydrogen-bond acceptors (Lipinski definition) is 10. The van der Waals surface area contributed by atoms with Gasteiger partial charge in [0.15, 0.2) is 23.3 Å². The minimum Gasteiger partial charge on any atom is -0.455 e. The van der Waals surface area contributed by atoms with Crippen LogP contribution in [-0.2, 0) is 0 Å². The van der Waals surface area contributed by atoms with Crippen molar-refractivity contribution in [3.8, 4) is 141 Å². The third-order valence-electron chi connectivity index (χ3n) is 31.4. The Bertz CT molecular complexity index is 11500. The van der Waals surface area contributed by atoms with Crippen LogP contribution in [0, 0.1) is 0 Å². The summed E-state index contributed by atoms with van der Waals surface area (Å²) in [5.74, 6) is 3.35. The largest absolute Gasteiger partial charge is 0.455 e. The lowest BCUT2D eigenvalue weighted by Crippen LogP contribution is -2.04. The van der Waals surface area contributed by atoms with Gasteiger partial charge in [0.2, 0.25) is 5.95 Å². The predicted molar refractivity (Wildman–Crippen MR) is 614 cm³/mol. The van der Waals surface area contributed by atoms with E-state index in [0.717, 1.165) is 193 Å².